The normalized spacial score (nSPS) is 13.2. The van der Waals surface area contributed by atoms with Gasteiger partial charge < -0.3 is 23.9 Å². The van der Waals surface area contributed by atoms with Crippen LogP contribution in [0, 0.1) is 0 Å². The number of aliphatic hydroxyl groups excluding tert-OH is 1. The Hall–Kier alpha value is -2.45. The molecule has 1 aromatic heterocycles. The number of aliphatic hydroxyl groups is 1. The highest BCUT2D eigenvalue weighted by atomic mass is 35.5. The van der Waals surface area contributed by atoms with Gasteiger partial charge >= 0.3 is 5.97 Å². The highest BCUT2D eigenvalue weighted by molar-refractivity contribution is 6.37. The summed E-state index contributed by atoms with van der Waals surface area (Å²) in [4.78, 5) is 15.1. The van der Waals surface area contributed by atoms with Crippen LogP contribution in [0.5, 0.6) is 11.5 Å². The Balaban J connectivity index is 1.66. The molecule has 0 saturated heterocycles. The van der Waals surface area contributed by atoms with Crippen LogP contribution in [-0.2, 0) is 21.5 Å². The maximum atomic E-state index is 11.2. The third kappa shape index (κ3) is 7.53. The molecule has 36 heavy (non-hydrogen) atoms. The van der Waals surface area contributed by atoms with Crippen LogP contribution in [0.25, 0.3) is 0 Å². The summed E-state index contributed by atoms with van der Waals surface area (Å²) >= 11 is 18.9. The number of imidazole rings is 1. The minimum atomic E-state index is -0.658. The fourth-order valence-electron chi connectivity index (χ4n) is 3.60. The topological polar surface area (TPSA) is 82.8 Å². The predicted molar refractivity (Wildman–Crippen MR) is 141 cm³/mol. The highest BCUT2D eigenvalue weighted by Gasteiger charge is 2.26. The van der Waals surface area contributed by atoms with Crippen molar-refractivity contribution in [2.45, 2.75) is 44.9 Å². The van der Waals surface area contributed by atoms with Gasteiger partial charge in [0.15, 0.2) is 5.75 Å². The molecule has 0 aliphatic heterocycles. The van der Waals surface area contributed by atoms with Gasteiger partial charge in [-0.2, -0.15) is 0 Å². The van der Waals surface area contributed by atoms with E-state index in [4.69, 9.17) is 49.0 Å². The van der Waals surface area contributed by atoms with E-state index in [1.807, 2.05) is 24.3 Å². The lowest BCUT2D eigenvalue weighted by Gasteiger charge is -2.27. The van der Waals surface area contributed by atoms with Gasteiger partial charge in [-0.15, -0.1) is 11.6 Å². The van der Waals surface area contributed by atoms with Crippen molar-refractivity contribution in [2.24, 2.45) is 0 Å². The number of alkyl halides is 1. The third-order valence-corrected chi connectivity index (χ3v) is 6.54. The number of ether oxygens (including phenoxy) is 3. The molecule has 3 aromatic rings. The summed E-state index contributed by atoms with van der Waals surface area (Å²) in [5.41, 5.74) is 1.48. The van der Waals surface area contributed by atoms with E-state index in [1.54, 1.807) is 35.4 Å². The van der Waals surface area contributed by atoms with Crippen LogP contribution in [-0.4, -0.2) is 51.9 Å². The summed E-state index contributed by atoms with van der Waals surface area (Å²) in [6.07, 6.45) is 3.83. The number of benzene rings is 2. The van der Waals surface area contributed by atoms with E-state index in [2.05, 4.69) is 18.8 Å². The molecular weight excluding hydrogens is 527 g/mol. The molecule has 0 aliphatic carbocycles. The van der Waals surface area contributed by atoms with E-state index in [0.29, 0.717) is 28.1 Å². The van der Waals surface area contributed by atoms with Gasteiger partial charge in [0, 0.05) is 24.7 Å². The van der Waals surface area contributed by atoms with Crippen LogP contribution in [0.3, 0.4) is 0 Å². The van der Waals surface area contributed by atoms with Crippen LogP contribution in [0.15, 0.2) is 55.1 Å². The van der Waals surface area contributed by atoms with Crippen molar-refractivity contribution in [2.75, 3.05) is 19.1 Å². The Morgan fingerprint density at radius 2 is 1.75 bits per heavy atom. The smallest absolute Gasteiger partial charge is 0.303 e. The van der Waals surface area contributed by atoms with E-state index in [0.717, 1.165) is 11.1 Å². The second-order valence-corrected chi connectivity index (χ2v) is 9.96. The van der Waals surface area contributed by atoms with E-state index >= 15 is 0 Å². The average Bonchev–Trinajstić information content (AvgIpc) is 3.34. The van der Waals surface area contributed by atoms with Gasteiger partial charge in [0.2, 0.25) is 0 Å². The summed E-state index contributed by atoms with van der Waals surface area (Å²) in [5, 5.41) is 10.9. The van der Waals surface area contributed by atoms with Gasteiger partial charge in [0.05, 0.1) is 28.8 Å². The Kier molecular flexibility index (Phi) is 9.91. The SMILES string of the molecule is CC(=O)O[C@@H](CCl)COc1c(Cl)cc(C(C)(C)c2ccc(OC[C@H](O)Cn3ccnc3)cc2)cc1Cl. The van der Waals surface area contributed by atoms with Gasteiger partial charge in [0.25, 0.3) is 0 Å². The summed E-state index contributed by atoms with van der Waals surface area (Å²) in [6.45, 7) is 6.03. The monoisotopic (exact) mass is 554 g/mol. The predicted octanol–water partition coefficient (Wildman–Crippen LogP) is 5.51. The molecule has 0 bridgehead atoms. The average molecular weight is 556 g/mol. The van der Waals surface area contributed by atoms with Gasteiger partial charge in [-0.05, 0) is 35.4 Å². The molecule has 1 heterocycles. The van der Waals surface area contributed by atoms with Crippen LogP contribution >= 0.6 is 34.8 Å². The highest BCUT2D eigenvalue weighted by Crippen LogP contribution is 2.40. The first-order chi connectivity index (χ1) is 17.1. The van der Waals surface area contributed by atoms with Crippen molar-refractivity contribution in [1.82, 2.24) is 9.55 Å². The molecule has 0 saturated carbocycles. The van der Waals surface area contributed by atoms with Crippen LogP contribution in [0.2, 0.25) is 10.0 Å². The standard InChI is InChI=1S/C26H29Cl3N2O5/c1-17(32)36-22(12-27)15-35-25-23(28)10-19(11-24(25)29)26(2,3)18-4-6-21(7-5-18)34-14-20(33)13-31-9-8-30-16-31/h4-11,16,20,22,33H,12-15H2,1-3H3/t20-,22+/m1/s1. The number of carbonyl (C=O) groups excluding carboxylic acids is 1. The third-order valence-electron chi connectivity index (χ3n) is 5.64. The van der Waals surface area contributed by atoms with E-state index < -0.39 is 23.6 Å². The molecule has 0 spiro atoms. The first-order valence-electron chi connectivity index (χ1n) is 11.3. The van der Waals surface area contributed by atoms with E-state index in [9.17, 15) is 9.90 Å². The molecule has 0 aliphatic rings. The zero-order chi connectivity index (χ0) is 26.3. The quantitative estimate of drug-likeness (QED) is 0.235. The lowest BCUT2D eigenvalue weighted by molar-refractivity contribution is -0.146. The van der Waals surface area contributed by atoms with Crippen molar-refractivity contribution < 1.29 is 24.1 Å². The summed E-state index contributed by atoms with van der Waals surface area (Å²) in [5.74, 6) is 0.600. The molecule has 0 radical (unpaired) electrons. The summed E-state index contributed by atoms with van der Waals surface area (Å²) < 4.78 is 18.3. The molecule has 2 aromatic carbocycles. The Morgan fingerprint density at radius 1 is 1.08 bits per heavy atom. The molecular formula is C26H29Cl3N2O5. The van der Waals surface area contributed by atoms with E-state index in [-0.39, 0.29) is 19.1 Å². The minimum absolute atomic E-state index is 0.0315. The maximum Gasteiger partial charge on any atom is 0.303 e. The molecule has 10 heteroatoms. The number of halogens is 3. The zero-order valence-corrected chi connectivity index (χ0v) is 22.6. The Morgan fingerprint density at radius 3 is 2.31 bits per heavy atom. The van der Waals surface area contributed by atoms with Crippen molar-refractivity contribution >= 4 is 40.8 Å². The van der Waals surface area contributed by atoms with Crippen LogP contribution in [0.4, 0.5) is 0 Å². The first-order valence-corrected chi connectivity index (χ1v) is 12.6. The zero-order valence-electron chi connectivity index (χ0n) is 20.3. The molecule has 0 fully saturated rings. The van der Waals surface area contributed by atoms with Gasteiger partial charge in [-0.1, -0.05) is 49.2 Å². The number of hydrogen-bond acceptors (Lipinski definition) is 6. The minimum Gasteiger partial charge on any atom is -0.491 e. The number of esters is 1. The molecule has 0 amide bonds. The van der Waals surface area contributed by atoms with Crippen molar-refractivity contribution in [3.8, 4) is 11.5 Å². The Labute approximate surface area is 225 Å². The number of nitrogens with zero attached hydrogens (tertiary/aromatic N) is 2. The van der Waals surface area contributed by atoms with E-state index in [1.165, 1.54) is 6.92 Å². The lowest BCUT2D eigenvalue weighted by Crippen LogP contribution is -2.26. The fourth-order valence-corrected chi connectivity index (χ4v) is 4.35. The van der Waals surface area contributed by atoms with Crippen molar-refractivity contribution in [3.63, 3.8) is 0 Å². The molecule has 3 rings (SSSR count). The number of aromatic nitrogens is 2. The van der Waals surface area contributed by atoms with Gasteiger partial charge in [-0.25, -0.2) is 4.98 Å². The van der Waals surface area contributed by atoms with Gasteiger partial charge in [0.1, 0.15) is 31.2 Å². The molecule has 0 unspecified atom stereocenters. The molecule has 1 N–H and O–H groups in total. The number of rotatable bonds is 12. The second kappa shape index (κ2) is 12.7. The first kappa shape index (κ1) is 28.1. The van der Waals surface area contributed by atoms with Crippen molar-refractivity contribution in [1.29, 1.82) is 0 Å². The van der Waals surface area contributed by atoms with Crippen LogP contribution in [0.1, 0.15) is 31.9 Å². The number of carbonyl (C=O) groups is 1. The van der Waals surface area contributed by atoms with Crippen LogP contribution < -0.4 is 9.47 Å². The molecule has 194 valence electrons. The van der Waals surface area contributed by atoms with Crippen molar-refractivity contribution in [3.05, 3.63) is 76.3 Å². The number of hydrogen-bond donors (Lipinski definition) is 1. The second-order valence-electron chi connectivity index (χ2n) is 8.84. The van der Waals surface area contributed by atoms with Gasteiger partial charge in [-0.3, -0.25) is 4.79 Å². The Bertz CT molecular complexity index is 1110. The molecule has 7 nitrogen and oxygen atoms in total. The summed E-state index contributed by atoms with van der Waals surface area (Å²) in [7, 11) is 0. The molecule has 2 atom stereocenters. The maximum absolute atomic E-state index is 11.2. The largest absolute Gasteiger partial charge is 0.491 e. The lowest BCUT2D eigenvalue weighted by atomic mass is 9.78. The summed E-state index contributed by atoms with van der Waals surface area (Å²) in [6, 6.07) is 11.3. The fraction of sp³-hybridized carbons (Fsp3) is 0.385.